The molecule has 0 unspecified atom stereocenters. The maximum absolute atomic E-state index is 9.04. The summed E-state index contributed by atoms with van der Waals surface area (Å²) in [4.78, 5) is 15.0. The minimum atomic E-state index is 0.192. The Hall–Kier alpha value is -5.07. The normalized spacial score (nSPS) is 14.9. The van der Waals surface area contributed by atoms with Gasteiger partial charge in [-0.3, -0.25) is 9.88 Å². The number of hydrogen-bond donors (Lipinski definition) is 1. The van der Waals surface area contributed by atoms with Gasteiger partial charge in [-0.15, -0.1) is 0 Å². The average molecular weight is 541 g/mol. The highest BCUT2D eigenvalue weighted by molar-refractivity contribution is 5.79. The van der Waals surface area contributed by atoms with E-state index < -0.39 is 0 Å². The number of benzene rings is 2. The predicted molar refractivity (Wildman–Crippen MR) is 155 cm³/mol. The number of rotatable bonds is 6. The van der Waals surface area contributed by atoms with Crippen LogP contribution >= 0.6 is 0 Å². The van der Waals surface area contributed by atoms with Gasteiger partial charge in [0.15, 0.2) is 0 Å². The van der Waals surface area contributed by atoms with Crippen molar-refractivity contribution in [3.63, 3.8) is 0 Å². The van der Waals surface area contributed by atoms with Crippen molar-refractivity contribution in [2.45, 2.75) is 32.0 Å². The van der Waals surface area contributed by atoms with Gasteiger partial charge in [-0.2, -0.15) is 10.4 Å². The van der Waals surface area contributed by atoms with Crippen molar-refractivity contribution >= 4 is 5.82 Å². The molecule has 0 atom stereocenters. The molecule has 5 heterocycles. The average Bonchev–Trinajstić information content (AvgIpc) is 3.43. The standard InChI is InChI=1S/C32H28N8O/c33-18-30-35-15-11-29(37-30)36-24-12-16-39(17-13-24)20-22-6-8-25(9-7-22)40-32(23-4-2-1-3-5-23)27-21-41-28-10-14-34-19-26(28)31(27)38-40/h1-11,14-15,19,24H,12-13,16-17,20-21H2,(H,35,36,37). The molecule has 41 heavy (non-hydrogen) atoms. The third kappa shape index (κ3) is 5.01. The number of hydrogen-bond acceptors (Lipinski definition) is 8. The van der Waals surface area contributed by atoms with E-state index in [1.807, 2.05) is 35.1 Å². The highest BCUT2D eigenvalue weighted by Crippen LogP contribution is 2.41. The predicted octanol–water partition coefficient (Wildman–Crippen LogP) is 5.23. The Morgan fingerprint density at radius 2 is 1.80 bits per heavy atom. The number of aromatic nitrogens is 5. The summed E-state index contributed by atoms with van der Waals surface area (Å²) in [7, 11) is 0. The third-order valence-electron chi connectivity index (χ3n) is 7.72. The number of piperidine rings is 1. The van der Waals surface area contributed by atoms with E-state index in [1.54, 1.807) is 12.4 Å². The summed E-state index contributed by atoms with van der Waals surface area (Å²) >= 11 is 0. The number of nitrogens with one attached hydrogen (secondary N) is 1. The first-order valence-electron chi connectivity index (χ1n) is 13.8. The van der Waals surface area contributed by atoms with Gasteiger partial charge in [-0.25, -0.2) is 14.6 Å². The Kier molecular flexibility index (Phi) is 6.59. The molecule has 7 rings (SSSR count). The molecule has 0 spiro atoms. The van der Waals surface area contributed by atoms with Crippen molar-refractivity contribution in [3.05, 3.63) is 102 Å². The van der Waals surface area contributed by atoms with Crippen LogP contribution in [-0.2, 0) is 13.2 Å². The number of fused-ring (bicyclic) bond motifs is 3. The number of anilines is 1. The molecule has 2 aliphatic rings. The van der Waals surface area contributed by atoms with E-state index in [0.29, 0.717) is 18.5 Å². The lowest BCUT2D eigenvalue weighted by molar-refractivity contribution is 0.211. The van der Waals surface area contributed by atoms with Crippen LogP contribution in [0.25, 0.3) is 28.2 Å². The molecule has 0 amide bonds. The van der Waals surface area contributed by atoms with E-state index >= 15 is 0 Å². The topological polar surface area (TPSA) is 105 Å². The Balaban J connectivity index is 1.08. The van der Waals surface area contributed by atoms with Gasteiger partial charge in [0.25, 0.3) is 0 Å². The molecule has 9 nitrogen and oxygen atoms in total. The lowest BCUT2D eigenvalue weighted by atomic mass is 10.0. The monoisotopic (exact) mass is 540 g/mol. The number of nitrogens with zero attached hydrogens (tertiary/aromatic N) is 7. The Morgan fingerprint density at radius 3 is 2.61 bits per heavy atom. The molecule has 3 aromatic heterocycles. The molecule has 1 fully saturated rings. The summed E-state index contributed by atoms with van der Waals surface area (Å²) in [5.41, 5.74) is 7.34. The summed E-state index contributed by atoms with van der Waals surface area (Å²) in [5, 5.41) is 17.6. The van der Waals surface area contributed by atoms with Crippen LogP contribution in [0.15, 0.2) is 85.3 Å². The smallest absolute Gasteiger partial charge is 0.234 e. The molecule has 9 heteroatoms. The van der Waals surface area contributed by atoms with Gasteiger partial charge in [0.2, 0.25) is 5.82 Å². The minimum absolute atomic E-state index is 0.192. The molecule has 0 saturated carbocycles. The molecule has 5 aromatic rings. The van der Waals surface area contributed by atoms with Crippen LogP contribution in [0.1, 0.15) is 29.8 Å². The molecule has 0 aliphatic carbocycles. The van der Waals surface area contributed by atoms with Crippen molar-refractivity contribution in [1.82, 2.24) is 29.6 Å². The highest BCUT2D eigenvalue weighted by atomic mass is 16.5. The summed E-state index contributed by atoms with van der Waals surface area (Å²) < 4.78 is 8.13. The molecule has 0 radical (unpaired) electrons. The lowest BCUT2D eigenvalue weighted by Gasteiger charge is -2.32. The second-order valence-electron chi connectivity index (χ2n) is 10.4. The van der Waals surface area contributed by atoms with Crippen LogP contribution < -0.4 is 10.1 Å². The van der Waals surface area contributed by atoms with Crippen LogP contribution in [0.5, 0.6) is 5.75 Å². The number of ether oxygens (including phenoxy) is 1. The van der Waals surface area contributed by atoms with Crippen LogP contribution in [0.3, 0.4) is 0 Å². The first-order valence-corrected chi connectivity index (χ1v) is 13.8. The van der Waals surface area contributed by atoms with Crippen molar-refractivity contribution in [1.29, 1.82) is 5.26 Å². The second-order valence-corrected chi connectivity index (χ2v) is 10.4. The summed E-state index contributed by atoms with van der Waals surface area (Å²) in [6.45, 7) is 3.35. The fourth-order valence-electron chi connectivity index (χ4n) is 5.66. The van der Waals surface area contributed by atoms with E-state index in [9.17, 15) is 0 Å². The molecule has 2 aromatic carbocycles. The first-order chi connectivity index (χ1) is 20.2. The van der Waals surface area contributed by atoms with Gasteiger partial charge in [0.05, 0.1) is 16.9 Å². The van der Waals surface area contributed by atoms with Gasteiger partial charge in [-0.05, 0) is 42.7 Å². The van der Waals surface area contributed by atoms with Crippen molar-refractivity contribution in [2.75, 3.05) is 18.4 Å². The van der Waals surface area contributed by atoms with Gasteiger partial charge in [0.1, 0.15) is 29.9 Å². The van der Waals surface area contributed by atoms with Crippen molar-refractivity contribution in [2.24, 2.45) is 0 Å². The zero-order valence-electron chi connectivity index (χ0n) is 22.4. The molecule has 1 saturated heterocycles. The van der Waals surface area contributed by atoms with Crippen LogP contribution in [0.4, 0.5) is 5.82 Å². The van der Waals surface area contributed by atoms with E-state index in [1.165, 1.54) is 5.56 Å². The van der Waals surface area contributed by atoms with Crippen molar-refractivity contribution in [3.8, 4) is 40.0 Å². The summed E-state index contributed by atoms with van der Waals surface area (Å²) in [6, 6.07) is 25.1. The van der Waals surface area contributed by atoms with Gasteiger partial charge < -0.3 is 10.1 Å². The van der Waals surface area contributed by atoms with Gasteiger partial charge in [-0.1, -0.05) is 42.5 Å². The SMILES string of the molecule is N#Cc1nccc(NC2CCN(Cc3ccc(-n4nc5c(c4-c4ccccc4)COc4ccncc4-5)cc3)CC2)n1. The maximum atomic E-state index is 9.04. The van der Waals surface area contributed by atoms with Gasteiger partial charge in [0, 0.05) is 55.4 Å². The number of pyridine rings is 1. The minimum Gasteiger partial charge on any atom is -0.488 e. The molecular weight excluding hydrogens is 512 g/mol. The van der Waals surface area contributed by atoms with Gasteiger partial charge >= 0.3 is 0 Å². The van der Waals surface area contributed by atoms with Crippen LogP contribution in [0.2, 0.25) is 0 Å². The Labute approximate surface area is 238 Å². The van der Waals surface area contributed by atoms with E-state index in [4.69, 9.17) is 15.1 Å². The molecule has 202 valence electrons. The molecule has 0 bridgehead atoms. The fraction of sp³-hybridized carbons (Fsp3) is 0.219. The molecule has 2 aliphatic heterocycles. The van der Waals surface area contributed by atoms with E-state index in [2.05, 4.69) is 73.7 Å². The van der Waals surface area contributed by atoms with Crippen LogP contribution in [-0.4, -0.2) is 48.8 Å². The molecular formula is C32H28N8O. The second kappa shape index (κ2) is 10.8. The number of likely N-dealkylation sites (tertiary alicyclic amines) is 1. The van der Waals surface area contributed by atoms with Crippen LogP contribution in [0, 0.1) is 11.3 Å². The highest BCUT2D eigenvalue weighted by Gasteiger charge is 2.27. The van der Waals surface area contributed by atoms with E-state index in [-0.39, 0.29) is 5.82 Å². The largest absolute Gasteiger partial charge is 0.488 e. The third-order valence-corrected chi connectivity index (χ3v) is 7.72. The maximum Gasteiger partial charge on any atom is 0.234 e. The Morgan fingerprint density at radius 1 is 0.976 bits per heavy atom. The zero-order chi connectivity index (χ0) is 27.6. The summed E-state index contributed by atoms with van der Waals surface area (Å²) in [5.74, 6) is 1.72. The lowest BCUT2D eigenvalue weighted by Crippen LogP contribution is -2.38. The summed E-state index contributed by atoms with van der Waals surface area (Å²) in [6.07, 6.45) is 7.24. The quantitative estimate of drug-likeness (QED) is 0.312. The zero-order valence-corrected chi connectivity index (χ0v) is 22.4. The fourth-order valence-corrected chi connectivity index (χ4v) is 5.66. The van der Waals surface area contributed by atoms with Crippen molar-refractivity contribution < 1.29 is 4.74 Å². The first kappa shape index (κ1) is 24.9. The molecule has 1 N–H and O–H groups in total. The van der Waals surface area contributed by atoms with E-state index in [0.717, 1.165) is 72.0 Å². The number of nitriles is 1. The Bertz CT molecular complexity index is 1720.